The fraction of sp³-hybridized carbons (Fsp3) is 0.333. The van der Waals surface area contributed by atoms with Gasteiger partial charge in [0.2, 0.25) is 0 Å². The molecule has 0 bridgehead atoms. The Hall–Kier alpha value is -2.01. The normalized spacial score (nSPS) is 13.8. The number of rotatable bonds is 5. The minimum absolute atomic E-state index is 0.189. The van der Waals surface area contributed by atoms with Gasteiger partial charge < -0.3 is 11.1 Å². The molecule has 0 aliphatic carbocycles. The van der Waals surface area contributed by atoms with Crippen molar-refractivity contribution in [1.82, 2.24) is 9.97 Å². The fourth-order valence-electron chi connectivity index (χ4n) is 2.05. The first-order valence-electron chi connectivity index (χ1n) is 6.64. The first kappa shape index (κ1) is 14.4. The number of hydrogen-bond acceptors (Lipinski definition) is 4. The Balaban J connectivity index is 2.36. The summed E-state index contributed by atoms with van der Waals surface area (Å²) in [4.78, 5) is 7.92. The first-order chi connectivity index (χ1) is 9.60. The Labute approximate surface area is 118 Å². The molecule has 0 saturated carbocycles. The van der Waals surface area contributed by atoms with Crippen molar-refractivity contribution in [3.8, 4) is 0 Å². The maximum absolute atomic E-state index is 14.2. The zero-order valence-corrected chi connectivity index (χ0v) is 11.7. The van der Waals surface area contributed by atoms with Gasteiger partial charge >= 0.3 is 0 Å². The van der Waals surface area contributed by atoms with Crippen LogP contribution in [0.3, 0.4) is 0 Å². The molecule has 2 rings (SSSR count). The Morgan fingerprint density at radius 2 is 1.95 bits per heavy atom. The van der Waals surface area contributed by atoms with Gasteiger partial charge in [-0.2, -0.15) is 0 Å². The monoisotopic (exact) mass is 274 g/mol. The maximum atomic E-state index is 14.2. The molecule has 0 amide bonds. The molecule has 0 saturated heterocycles. The van der Waals surface area contributed by atoms with Crippen LogP contribution in [0.4, 0.5) is 10.2 Å². The van der Waals surface area contributed by atoms with Crippen LogP contribution < -0.4 is 11.1 Å². The Bertz CT molecular complexity index is 573. The zero-order valence-electron chi connectivity index (χ0n) is 11.7. The second-order valence-electron chi connectivity index (χ2n) is 4.86. The van der Waals surface area contributed by atoms with Crippen molar-refractivity contribution < 1.29 is 4.39 Å². The average molecular weight is 274 g/mol. The molecule has 1 aromatic carbocycles. The van der Waals surface area contributed by atoms with E-state index in [0.29, 0.717) is 18.7 Å². The minimum atomic E-state index is -0.582. The standard InChI is InChI=1S/C15H19FN4/c1-3-12-13(16)14(19-10-18-12)20-15(2,9-17)11-7-5-4-6-8-11/h4-8,10H,3,9,17H2,1-2H3,(H,18,19,20). The van der Waals surface area contributed by atoms with E-state index in [1.54, 1.807) is 0 Å². The molecular weight excluding hydrogens is 255 g/mol. The van der Waals surface area contributed by atoms with E-state index in [-0.39, 0.29) is 5.82 Å². The first-order valence-corrected chi connectivity index (χ1v) is 6.64. The highest BCUT2D eigenvalue weighted by Crippen LogP contribution is 2.26. The highest BCUT2D eigenvalue weighted by Gasteiger charge is 2.26. The zero-order chi connectivity index (χ0) is 14.6. The van der Waals surface area contributed by atoms with Gasteiger partial charge in [-0.25, -0.2) is 14.4 Å². The Morgan fingerprint density at radius 3 is 2.55 bits per heavy atom. The molecule has 0 radical (unpaired) electrons. The summed E-state index contributed by atoms with van der Waals surface area (Å²) < 4.78 is 14.2. The molecule has 20 heavy (non-hydrogen) atoms. The number of nitrogens with one attached hydrogen (secondary N) is 1. The molecule has 2 aromatic rings. The SMILES string of the molecule is CCc1ncnc(NC(C)(CN)c2ccccc2)c1F. The summed E-state index contributed by atoms with van der Waals surface area (Å²) in [6.45, 7) is 4.10. The third kappa shape index (κ3) is 2.77. The third-order valence-corrected chi connectivity index (χ3v) is 3.41. The van der Waals surface area contributed by atoms with Crippen molar-refractivity contribution in [3.63, 3.8) is 0 Å². The topological polar surface area (TPSA) is 63.8 Å². The average Bonchev–Trinajstić information content (AvgIpc) is 2.50. The van der Waals surface area contributed by atoms with Gasteiger partial charge in [-0.1, -0.05) is 37.3 Å². The molecule has 4 nitrogen and oxygen atoms in total. The van der Waals surface area contributed by atoms with Crippen molar-refractivity contribution in [1.29, 1.82) is 0 Å². The summed E-state index contributed by atoms with van der Waals surface area (Å²) in [6.07, 6.45) is 1.89. The van der Waals surface area contributed by atoms with Gasteiger partial charge in [-0.05, 0) is 18.9 Å². The molecule has 0 spiro atoms. The lowest BCUT2D eigenvalue weighted by Gasteiger charge is -2.30. The van der Waals surface area contributed by atoms with E-state index in [2.05, 4.69) is 15.3 Å². The van der Waals surface area contributed by atoms with Gasteiger partial charge in [0, 0.05) is 6.54 Å². The summed E-state index contributed by atoms with van der Waals surface area (Å²) in [5.74, 6) is -0.223. The number of benzene rings is 1. The van der Waals surface area contributed by atoms with Crippen molar-refractivity contribution in [2.24, 2.45) is 5.73 Å². The van der Waals surface area contributed by atoms with E-state index in [1.807, 2.05) is 44.2 Å². The van der Waals surface area contributed by atoms with E-state index in [9.17, 15) is 4.39 Å². The van der Waals surface area contributed by atoms with Crippen LogP contribution in [0.1, 0.15) is 25.1 Å². The van der Waals surface area contributed by atoms with Crippen LogP contribution >= 0.6 is 0 Å². The Kier molecular flexibility index (Phi) is 4.29. The van der Waals surface area contributed by atoms with Crippen LogP contribution in [-0.4, -0.2) is 16.5 Å². The quantitative estimate of drug-likeness (QED) is 0.879. The largest absolute Gasteiger partial charge is 0.357 e. The predicted octanol–water partition coefficient (Wildman–Crippen LogP) is 2.46. The minimum Gasteiger partial charge on any atom is -0.357 e. The van der Waals surface area contributed by atoms with E-state index in [4.69, 9.17) is 5.73 Å². The van der Waals surface area contributed by atoms with Crippen molar-refractivity contribution >= 4 is 5.82 Å². The molecule has 0 aliphatic rings. The smallest absolute Gasteiger partial charge is 0.186 e. The Morgan fingerprint density at radius 1 is 1.25 bits per heavy atom. The molecule has 0 fully saturated rings. The van der Waals surface area contributed by atoms with Crippen molar-refractivity contribution in [2.75, 3.05) is 11.9 Å². The highest BCUT2D eigenvalue weighted by molar-refractivity contribution is 5.43. The molecule has 0 aliphatic heterocycles. The van der Waals surface area contributed by atoms with E-state index in [1.165, 1.54) is 6.33 Å². The van der Waals surface area contributed by atoms with Gasteiger partial charge in [0.25, 0.3) is 0 Å². The molecule has 1 heterocycles. The lowest BCUT2D eigenvalue weighted by atomic mass is 9.92. The number of hydrogen-bond donors (Lipinski definition) is 2. The summed E-state index contributed by atoms with van der Waals surface area (Å²) in [5.41, 5.74) is 6.68. The summed E-state index contributed by atoms with van der Waals surface area (Å²) in [5, 5.41) is 3.11. The summed E-state index contributed by atoms with van der Waals surface area (Å²) >= 11 is 0. The van der Waals surface area contributed by atoms with E-state index >= 15 is 0 Å². The van der Waals surface area contributed by atoms with Crippen LogP contribution in [0.15, 0.2) is 36.7 Å². The van der Waals surface area contributed by atoms with Gasteiger partial charge in [0.15, 0.2) is 11.6 Å². The number of anilines is 1. The number of nitrogens with zero attached hydrogens (tertiary/aromatic N) is 2. The number of halogens is 1. The lowest BCUT2D eigenvalue weighted by Crippen LogP contribution is -2.40. The van der Waals surface area contributed by atoms with Gasteiger partial charge in [-0.15, -0.1) is 0 Å². The lowest BCUT2D eigenvalue weighted by molar-refractivity contribution is 0.534. The maximum Gasteiger partial charge on any atom is 0.186 e. The van der Waals surface area contributed by atoms with E-state index < -0.39 is 11.4 Å². The molecule has 5 heteroatoms. The number of aromatic nitrogens is 2. The summed E-state index contributed by atoms with van der Waals surface area (Å²) in [6, 6.07) is 9.71. The molecule has 3 N–H and O–H groups in total. The van der Waals surface area contributed by atoms with Gasteiger partial charge in [0.1, 0.15) is 6.33 Å². The second-order valence-corrected chi connectivity index (χ2v) is 4.86. The molecule has 106 valence electrons. The number of nitrogens with two attached hydrogens (primary N) is 1. The third-order valence-electron chi connectivity index (χ3n) is 3.41. The van der Waals surface area contributed by atoms with Crippen molar-refractivity contribution in [2.45, 2.75) is 25.8 Å². The van der Waals surface area contributed by atoms with Crippen molar-refractivity contribution in [3.05, 3.63) is 53.7 Å². The van der Waals surface area contributed by atoms with Crippen LogP contribution in [-0.2, 0) is 12.0 Å². The highest BCUT2D eigenvalue weighted by atomic mass is 19.1. The molecule has 1 unspecified atom stereocenters. The van der Waals surface area contributed by atoms with Crippen LogP contribution in [0.25, 0.3) is 0 Å². The van der Waals surface area contributed by atoms with Crippen LogP contribution in [0, 0.1) is 5.82 Å². The van der Waals surface area contributed by atoms with E-state index in [0.717, 1.165) is 5.56 Å². The second kappa shape index (κ2) is 5.96. The van der Waals surface area contributed by atoms with Gasteiger partial charge in [0.05, 0.1) is 11.2 Å². The molecule has 1 aromatic heterocycles. The van der Waals surface area contributed by atoms with Gasteiger partial charge in [-0.3, -0.25) is 0 Å². The fourth-order valence-corrected chi connectivity index (χ4v) is 2.05. The number of aryl methyl sites for hydroxylation is 1. The molecule has 1 atom stereocenters. The predicted molar refractivity (Wildman–Crippen MR) is 77.8 cm³/mol. The van der Waals surface area contributed by atoms with Crippen LogP contribution in [0.2, 0.25) is 0 Å². The molecular formula is C15H19FN4. The summed E-state index contributed by atoms with van der Waals surface area (Å²) in [7, 11) is 0. The van der Waals surface area contributed by atoms with Crippen LogP contribution in [0.5, 0.6) is 0 Å².